The monoisotopic (exact) mass is 311 g/mol. The van der Waals surface area contributed by atoms with Crippen LogP contribution in [0.3, 0.4) is 0 Å². The van der Waals surface area contributed by atoms with Gasteiger partial charge in [0.15, 0.2) is 0 Å². The predicted octanol–water partition coefficient (Wildman–Crippen LogP) is 4.24. The van der Waals surface area contributed by atoms with E-state index in [1.54, 1.807) is 0 Å². The molecule has 20 heavy (non-hydrogen) atoms. The van der Waals surface area contributed by atoms with Gasteiger partial charge in [0, 0.05) is 12.1 Å². The molecule has 7 heteroatoms. The fourth-order valence-corrected chi connectivity index (χ4v) is 2.80. The summed E-state index contributed by atoms with van der Waals surface area (Å²) in [7, 11) is 0. The molecule has 0 unspecified atom stereocenters. The van der Waals surface area contributed by atoms with Gasteiger partial charge in [-0.2, -0.15) is 0 Å². The summed E-state index contributed by atoms with van der Waals surface area (Å²) >= 11 is 7.26. The SMILES string of the molecule is Fc1ccc(F)c(CNc2nc(Cl)nc3sccc23)c1. The maximum absolute atomic E-state index is 13.5. The first-order valence-electron chi connectivity index (χ1n) is 5.72. The summed E-state index contributed by atoms with van der Waals surface area (Å²) in [5, 5.41) is 5.74. The van der Waals surface area contributed by atoms with Crippen molar-refractivity contribution < 1.29 is 8.78 Å². The van der Waals surface area contributed by atoms with Crippen molar-refractivity contribution in [3.8, 4) is 0 Å². The number of halogens is 3. The first-order valence-corrected chi connectivity index (χ1v) is 6.98. The van der Waals surface area contributed by atoms with Gasteiger partial charge in [-0.25, -0.2) is 18.7 Å². The van der Waals surface area contributed by atoms with Crippen molar-refractivity contribution in [2.75, 3.05) is 5.32 Å². The van der Waals surface area contributed by atoms with Gasteiger partial charge in [0.2, 0.25) is 5.28 Å². The smallest absolute Gasteiger partial charge is 0.225 e. The Labute approximate surface area is 122 Å². The summed E-state index contributed by atoms with van der Waals surface area (Å²) in [4.78, 5) is 8.90. The van der Waals surface area contributed by atoms with E-state index in [0.29, 0.717) is 5.82 Å². The summed E-state index contributed by atoms with van der Waals surface area (Å²) in [6.45, 7) is 0.113. The molecule has 0 aliphatic carbocycles. The van der Waals surface area contributed by atoms with Crippen LogP contribution in [0.1, 0.15) is 5.56 Å². The van der Waals surface area contributed by atoms with E-state index in [1.807, 2.05) is 11.4 Å². The molecule has 3 aromatic rings. The lowest BCUT2D eigenvalue weighted by molar-refractivity contribution is 0.587. The van der Waals surface area contributed by atoms with E-state index in [1.165, 1.54) is 11.3 Å². The number of nitrogens with zero attached hydrogens (tertiary/aromatic N) is 2. The predicted molar refractivity (Wildman–Crippen MR) is 76.1 cm³/mol. The molecule has 102 valence electrons. The van der Waals surface area contributed by atoms with Crippen LogP contribution in [0.2, 0.25) is 5.28 Å². The number of fused-ring (bicyclic) bond motifs is 1. The molecular weight excluding hydrogens is 304 g/mol. The van der Waals surface area contributed by atoms with Crippen LogP contribution in [-0.4, -0.2) is 9.97 Å². The second-order valence-corrected chi connectivity index (χ2v) is 5.30. The third-order valence-electron chi connectivity index (χ3n) is 2.75. The molecule has 0 spiro atoms. The Hall–Kier alpha value is -1.79. The third-order valence-corrected chi connectivity index (χ3v) is 3.73. The normalized spacial score (nSPS) is 10.9. The lowest BCUT2D eigenvalue weighted by Crippen LogP contribution is -2.04. The summed E-state index contributed by atoms with van der Waals surface area (Å²) in [6, 6.07) is 5.17. The molecule has 0 fully saturated rings. The van der Waals surface area contributed by atoms with Gasteiger partial charge in [-0.05, 0) is 41.2 Å². The molecule has 0 aliphatic heterocycles. The number of hydrogen-bond acceptors (Lipinski definition) is 4. The lowest BCUT2D eigenvalue weighted by Gasteiger charge is -2.08. The first-order chi connectivity index (χ1) is 9.63. The number of nitrogens with one attached hydrogen (secondary N) is 1. The summed E-state index contributed by atoms with van der Waals surface area (Å²) in [5.41, 5.74) is 0.225. The zero-order valence-corrected chi connectivity index (χ0v) is 11.6. The Morgan fingerprint density at radius 3 is 2.90 bits per heavy atom. The third kappa shape index (κ3) is 2.57. The largest absolute Gasteiger partial charge is 0.365 e. The highest BCUT2D eigenvalue weighted by molar-refractivity contribution is 7.16. The maximum Gasteiger partial charge on any atom is 0.225 e. The van der Waals surface area contributed by atoms with Crippen LogP contribution >= 0.6 is 22.9 Å². The Kier molecular flexibility index (Phi) is 3.50. The van der Waals surface area contributed by atoms with E-state index >= 15 is 0 Å². The summed E-state index contributed by atoms with van der Waals surface area (Å²) in [6.07, 6.45) is 0. The molecule has 0 saturated heterocycles. The molecule has 3 rings (SSSR count). The topological polar surface area (TPSA) is 37.8 Å². The lowest BCUT2D eigenvalue weighted by atomic mass is 10.2. The number of thiophene rings is 1. The van der Waals surface area contributed by atoms with Gasteiger partial charge in [0.05, 0.1) is 5.39 Å². The minimum absolute atomic E-state index is 0.113. The zero-order chi connectivity index (χ0) is 14.1. The number of aromatic nitrogens is 2. The van der Waals surface area contributed by atoms with Gasteiger partial charge >= 0.3 is 0 Å². The van der Waals surface area contributed by atoms with Gasteiger partial charge < -0.3 is 5.32 Å². The van der Waals surface area contributed by atoms with Crippen LogP contribution in [0.25, 0.3) is 10.2 Å². The summed E-state index contributed by atoms with van der Waals surface area (Å²) in [5.74, 6) is -0.449. The van der Waals surface area contributed by atoms with Gasteiger partial charge in [0.25, 0.3) is 0 Å². The zero-order valence-electron chi connectivity index (χ0n) is 10.0. The van der Waals surface area contributed by atoms with Crippen molar-refractivity contribution in [2.45, 2.75) is 6.54 Å². The van der Waals surface area contributed by atoms with Crippen molar-refractivity contribution in [1.29, 1.82) is 0 Å². The van der Waals surface area contributed by atoms with E-state index in [9.17, 15) is 8.78 Å². The quantitative estimate of drug-likeness (QED) is 0.735. The van der Waals surface area contributed by atoms with Crippen LogP contribution in [0.5, 0.6) is 0 Å². The average molecular weight is 312 g/mol. The minimum Gasteiger partial charge on any atom is -0.365 e. The molecule has 0 saturated carbocycles. The van der Waals surface area contributed by atoms with Crippen LogP contribution in [0.4, 0.5) is 14.6 Å². The molecular formula is C13H8ClF2N3S. The van der Waals surface area contributed by atoms with Crippen LogP contribution in [0.15, 0.2) is 29.6 Å². The van der Waals surface area contributed by atoms with Crippen LogP contribution in [-0.2, 0) is 6.54 Å². The second-order valence-electron chi connectivity index (χ2n) is 4.07. The Balaban J connectivity index is 1.90. The fraction of sp³-hybridized carbons (Fsp3) is 0.0769. The number of rotatable bonds is 3. The highest BCUT2D eigenvalue weighted by Crippen LogP contribution is 2.26. The first kappa shape index (κ1) is 13.2. The molecule has 2 heterocycles. The number of hydrogen-bond donors (Lipinski definition) is 1. The Morgan fingerprint density at radius 1 is 1.20 bits per heavy atom. The van der Waals surface area contributed by atoms with E-state index in [2.05, 4.69) is 15.3 Å². The van der Waals surface area contributed by atoms with Crippen molar-refractivity contribution in [3.05, 3.63) is 52.1 Å². The highest BCUT2D eigenvalue weighted by Gasteiger charge is 2.09. The van der Waals surface area contributed by atoms with Gasteiger partial charge in [0.1, 0.15) is 22.3 Å². The molecule has 0 radical (unpaired) electrons. The van der Waals surface area contributed by atoms with Gasteiger partial charge in [-0.3, -0.25) is 0 Å². The molecule has 2 aromatic heterocycles. The van der Waals surface area contributed by atoms with Crippen molar-refractivity contribution >= 4 is 39.0 Å². The standard InChI is InChI=1S/C13H8ClF2N3S/c14-13-18-11(9-3-4-20-12(9)19-13)17-6-7-5-8(15)1-2-10(7)16/h1-5H,6H2,(H,17,18,19). The van der Waals surface area contributed by atoms with E-state index in [4.69, 9.17) is 11.6 Å². The van der Waals surface area contributed by atoms with Crippen LogP contribution in [0, 0.1) is 11.6 Å². The molecule has 0 aliphatic rings. The minimum atomic E-state index is -0.482. The number of anilines is 1. The van der Waals surface area contributed by atoms with Crippen LogP contribution < -0.4 is 5.32 Å². The fourth-order valence-electron chi connectivity index (χ4n) is 1.82. The molecule has 1 N–H and O–H groups in total. The number of benzene rings is 1. The molecule has 3 nitrogen and oxygen atoms in total. The second kappa shape index (κ2) is 5.30. The molecule has 0 bridgehead atoms. The van der Waals surface area contributed by atoms with Crippen molar-refractivity contribution in [1.82, 2.24) is 9.97 Å². The van der Waals surface area contributed by atoms with Gasteiger partial charge in [-0.15, -0.1) is 11.3 Å². The maximum atomic E-state index is 13.5. The van der Waals surface area contributed by atoms with Crippen molar-refractivity contribution in [3.63, 3.8) is 0 Å². The highest BCUT2D eigenvalue weighted by atomic mass is 35.5. The van der Waals surface area contributed by atoms with Crippen molar-refractivity contribution in [2.24, 2.45) is 0 Å². The van der Waals surface area contributed by atoms with E-state index in [0.717, 1.165) is 28.4 Å². The molecule has 0 atom stereocenters. The van der Waals surface area contributed by atoms with E-state index in [-0.39, 0.29) is 17.4 Å². The average Bonchev–Trinajstić information content (AvgIpc) is 2.87. The Morgan fingerprint density at radius 2 is 2.05 bits per heavy atom. The molecule has 1 aromatic carbocycles. The van der Waals surface area contributed by atoms with Gasteiger partial charge in [-0.1, -0.05) is 0 Å². The van der Waals surface area contributed by atoms with E-state index < -0.39 is 11.6 Å². The summed E-state index contributed by atoms with van der Waals surface area (Å²) < 4.78 is 26.6. The Bertz CT molecular complexity index is 775. The molecule has 0 amide bonds.